The summed E-state index contributed by atoms with van der Waals surface area (Å²) < 4.78 is 0. The molecular weight excluding hydrogens is 184 g/mol. The van der Waals surface area contributed by atoms with Crippen LogP contribution in [0.1, 0.15) is 33.6 Å². The zero-order chi connectivity index (χ0) is 10.4. The van der Waals surface area contributed by atoms with E-state index in [1.807, 2.05) is 0 Å². The molecule has 0 saturated heterocycles. The summed E-state index contributed by atoms with van der Waals surface area (Å²) in [6.07, 6.45) is 1.28. The van der Waals surface area contributed by atoms with E-state index in [1.54, 1.807) is 6.92 Å². The number of amides is 1. The minimum atomic E-state index is -0.151. The molecule has 0 heterocycles. The number of nitrogens with two attached hydrogens (primary N) is 1. The number of thiocarbonyl (C=S) groups is 1. The van der Waals surface area contributed by atoms with Crippen LogP contribution in [0.5, 0.6) is 0 Å². The SMILES string of the molecule is CCC(=O)NC(CC(C)C)C(N)=S. The van der Waals surface area contributed by atoms with Gasteiger partial charge in [0.2, 0.25) is 5.91 Å². The normalized spacial score (nSPS) is 12.6. The van der Waals surface area contributed by atoms with Crippen LogP contribution in [-0.4, -0.2) is 16.9 Å². The van der Waals surface area contributed by atoms with Gasteiger partial charge < -0.3 is 11.1 Å². The molecule has 0 aliphatic heterocycles. The maximum absolute atomic E-state index is 11.1. The first-order valence-corrected chi connectivity index (χ1v) is 4.96. The topological polar surface area (TPSA) is 55.1 Å². The average molecular weight is 202 g/mol. The molecule has 0 fully saturated rings. The summed E-state index contributed by atoms with van der Waals surface area (Å²) in [5, 5.41) is 2.79. The van der Waals surface area contributed by atoms with Crippen molar-refractivity contribution >= 4 is 23.1 Å². The van der Waals surface area contributed by atoms with Gasteiger partial charge in [0.1, 0.15) is 0 Å². The van der Waals surface area contributed by atoms with Crippen molar-refractivity contribution in [2.75, 3.05) is 0 Å². The van der Waals surface area contributed by atoms with Gasteiger partial charge in [0.25, 0.3) is 0 Å². The van der Waals surface area contributed by atoms with E-state index in [1.165, 1.54) is 0 Å². The summed E-state index contributed by atoms with van der Waals surface area (Å²) in [5.74, 6) is 0.474. The highest BCUT2D eigenvalue weighted by molar-refractivity contribution is 7.80. The van der Waals surface area contributed by atoms with Crippen molar-refractivity contribution in [2.45, 2.75) is 39.7 Å². The molecule has 4 heteroatoms. The second kappa shape index (κ2) is 5.91. The molecule has 0 aliphatic rings. The Morgan fingerprint density at radius 2 is 2.08 bits per heavy atom. The highest BCUT2D eigenvalue weighted by Gasteiger charge is 2.15. The van der Waals surface area contributed by atoms with Crippen LogP contribution in [-0.2, 0) is 4.79 Å². The van der Waals surface area contributed by atoms with E-state index < -0.39 is 0 Å². The van der Waals surface area contributed by atoms with Gasteiger partial charge >= 0.3 is 0 Å². The van der Waals surface area contributed by atoms with Crippen LogP contribution in [0, 0.1) is 5.92 Å². The van der Waals surface area contributed by atoms with Crippen LogP contribution in [0.25, 0.3) is 0 Å². The van der Waals surface area contributed by atoms with E-state index in [0.29, 0.717) is 17.3 Å². The van der Waals surface area contributed by atoms with Gasteiger partial charge in [0, 0.05) is 6.42 Å². The molecule has 1 atom stereocenters. The van der Waals surface area contributed by atoms with E-state index in [0.717, 1.165) is 6.42 Å². The van der Waals surface area contributed by atoms with Gasteiger partial charge in [-0.1, -0.05) is 33.0 Å². The monoisotopic (exact) mass is 202 g/mol. The maximum Gasteiger partial charge on any atom is 0.220 e. The lowest BCUT2D eigenvalue weighted by Crippen LogP contribution is -2.44. The van der Waals surface area contributed by atoms with Crippen LogP contribution in [0.15, 0.2) is 0 Å². The first-order valence-electron chi connectivity index (χ1n) is 4.56. The molecule has 3 nitrogen and oxygen atoms in total. The number of carbonyl (C=O) groups excluding carboxylic acids is 1. The Bertz CT molecular complexity index is 192. The number of carbonyl (C=O) groups is 1. The summed E-state index contributed by atoms with van der Waals surface area (Å²) in [6, 6.07) is -0.151. The van der Waals surface area contributed by atoms with E-state index in [4.69, 9.17) is 18.0 Å². The van der Waals surface area contributed by atoms with Crippen LogP contribution in [0.2, 0.25) is 0 Å². The minimum absolute atomic E-state index is 0.00144. The molecule has 1 unspecified atom stereocenters. The molecule has 3 N–H and O–H groups in total. The van der Waals surface area contributed by atoms with E-state index >= 15 is 0 Å². The fourth-order valence-electron chi connectivity index (χ4n) is 1.01. The molecule has 0 saturated carbocycles. The molecule has 0 radical (unpaired) electrons. The third-order valence-corrected chi connectivity index (χ3v) is 1.99. The van der Waals surface area contributed by atoms with Gasteiger partial charge in [-0.15, -0.1) is 0 Å². The summed E-state index contributed by atoms with van der Waals surface area (Å²) >= 11 is 4.86. The molecule has 0 aliphatic carbocycles. The van der Waals surface area contributed by atoms with Gasteiger partial charge in [0.15, 0.2) is 0 Å². The Labute approximate surface area is 85.1 Å². The van der Waals surface area contributed by atoms with Gasteiger partial charge in [-0.2, -0.15) is 0 Å². The third-order valence-electron chi connectivity index (χ3n) is 1.71. The quantitative estimate of drug-likeness (QED) is 0.659. The lowest BCUT2D eigenvalue weighted by Gasteiger charge is -2.18. The Morgan fingerprint density at radius 1 is 1.54 bits per heavy atom. The number of rotatable bonds is 5. The van der Waals surface area contributed by atoms with Crippen molar-refractivity contribution in [3.63, 3.8) is 0 Å². The lowest BCUT2D eigenvalue weighted by molar-refractivity contribution is -0.121. The van der Waals surface area contributed by atoms with E-state index in [9.17, 15) is 4.79 Å². The molecule has 0 bridgehead atoms. The summed E-state index contributed by atoms with van der Waals surface area (Å²) in [7, 11) is 0. The summed E-state index contributed by atoms with van der Waals surface area (Å²) in [5.41, 5.74) is 5.50. The first kappa shape index (κ1) is 12.4. The second-order valence-corrected chi connectivity index (χ2v) is 3.98. The average Bonchev–Trinajstić information content (AvgIpc) is 2.02. The minimum Gasteiger partial charge on any atom is -0.392 e. The zero-order valence-corrected chi connectivity index (χ0v) is 9.28. The molecule has 76 valence electrons. The summed E-state index contributed by atoms with van der Waals surface area (Å²) in [6.45, 7) is 5.95. The Hall–Kier alpha value is -0.640. The third kappa shape index (κ3) is 5.58. The van der Waals surface area contributed by atoms with Crippen LogP contribution in [0.3, 0.4) is 0 Å². The van der Waals surface area contributed by atoms with Crippen molar-refractivity contribution < 1.29 is 4.79 Å². The van der Waals surface area contributed by atoms with Crippen molar-refractivity contribution in [3.8, 4) is 0 Å². The molecule has 0 spiro atoms. The second-order valence-electron chi connectivity index (χ2n) is 3.51. The van der Waals surface area contributed by atoms with Gasteiger partial charge in [-0.25, -0.2) is 0 Å². The molecule has 0 aromatic carbocycles. The first-order chi connectivity index (χ1) is 5.97. The number of hydrogen-bond donors (Lipinski definition) is 2. The predicted octanol–water partition coefficient (Wildman–Crippen LogP) is 1.21. The summed E-state index contributed by atoms with van der Waals surface area (Å²) in [4.78, 5) is 11.5. The Kier molecular flexibility index (Phi) is 5.62. The molecule has 1 amide bonds. The largest absolute Gasteiger partial charge is 0.392 e. The van der Waals surface area contributed by atoms with Crippen LogP contribution in [0.4, 0.5) is 0 Å². The number of nitrogens with one attached hydrogen (secondary N) is 1. The fourth-order valence-corrected chi connectivity index (χ4v) is 1.17. The van der Waals surface area contributed by atoms with E-state index in [-0.39, 0.29) is 11.9 Å². The Balaban J connectivity index is 4.10. The van der Waals surface area contributed by atoms with Crippen molar-refractivity contribution in [2.24, 2.45) is 11.7 Å². The molecule has 0 aromatic rings. The van der Waals surface area contributed by atoms with Crippen molar-refractivity contribution in [1.29, 1.82) is 0 Å². The smallest absolute Gasteiger partial charge is 0.220 e. The lowest BCUT2D eigenvalue weighted by atomic mass is 10.0. The maximum atomic E-state index is 11.1. The van der Waals surface area contributed by atoms with Gasteiger partial charge in [0.05, 0.1) is 11.0 Å². The standard InChI is InChI=1S/C9H18N2OS/c1-4-8(12)11-7(9(10)13)5-6(2)3/h6-7H,4-5H2,1-3H3,(H2,10,13)(H,11,12). The van der Waals surface area contributed by atoms with E-state index in [2.05, 4.69) is 19.2 Å². The molecule has 13 heavy (non-hydrogen) atoms. The number of hydrogen-bond acceptors (Lipinski definition) is 2. The van der Waals surface area contributed by atoms with Crippen molar-refractivity contribution in [3.05, 3.63) is 0 Å². The van der Waals surface area contributed by atoms with Crippen LogP contribution < -0.4 is 11.1 Å². The van der Waals surface area contributed by atoms with Gasteiger partial charge in [-0.05, 0) is 12.3 Å². The fraction of sp³-hybridized carbons (Fsp3) is 0.778. The molecule has 0 aromatic heterocycles. The van der Waals surface area contributed by atoms with Crippen molar-refractivity contribution in [1.82, 2.24) is 5.32 Å². The van der Waals surface area contributed by atoms with Crippen LogP contribution >= 0.6 is 12.2 Å². The highest BCUT2D eigenvalue weighted by atomic mass is 32.1. The molecular formula is C9H18N2OS. The predicted molar refractivity (Wildman–Crippen MR) is 58.5 cm³/mol. The highest BCUT2D eigenvalue weighted by Crippen LogP contribution is 2.05. The van der Waals surface area contributed by atoms with Gasteiger partial charge in [-0.3, -0.25) is 4.79 Å². The Morgan fingerprint density at radius 3 is 2.38 bits per heavy atom. The molecule has 0 rings (SSSR count). The zero-order valence-electron chi connectivity index (χ0n) is 8.46.